The number of hydrogen-bond donors (Lipinski definition) is 0. The highest BCUT2D eigenvalue weighted by atomic mass is 19.2. The van der Waals surface area contributed by atoms with Gasteiger partial charge in [0, 0.05) is 0 Å². The Morgan fingerprint density at radius 1 is 1.07 bits per heavy atom. The van der Waals surface area contributed by atoms with Crippen LogP contribution >= 0.6 is 0 Å². The van der Waals surface area contributed by atoms with Gasteiger partial charge in [0.15, 0.2) is 17.5 Å². The lowest BCUT2D eigenvalue weighted by Gasteiger charge is -2.03. The van der Waals surface area contributed by atoms with Gasteiger partial charge in [-0.2, -0.15) is 0 Å². The first-order valence-corrected chi connectivity index (χ1v) is 3.92. The van der Waals surface area contributed by atoms with Gasteiger partial charge < -0.3 is 0 Å². The molecule has 0 aliphatic carbocycles. The summed E-state index contributed by atoms with van der Waals surface area (Å²) in [5, 5.41) is 0. The second-order valence-corrected chi connectivity index (χ2v) is 2.91. The number of hydrogen-bond acceptors (Lipinski definition) is 0. The molecule has 0 nitrogen and oxygen atoms in total. The van der Waals surface area contributed by atoms with Crippen molar-refractivity contribution >= 4 is 5.83 Å². The molecule has 0 amide bonds. The average molecular weight is 204 g/mol. The molecule has 76 valence electrons. The molecule has 1 aromatic rings. The van der Waals surface area contributed by atoms with E-state index in [-0.39, 0.29) is 5.56 Å². The van der Waals surface area contributed by atoms with Crippen LogP contribution in [0.5, 0.6) is 0 Å². The molecular formula is C10H8F4. The van der Waals surface area contributed by atoms with E-state index in [1.54, 1.807) is 0 Å². The Balaban J connectivity index is 3.39. The van der Waals surface area contributed by atoms with Crippen molar-refractivity contribution in [3.8, 4) is 0 Å². The first-order chi connectivity index (χ1) is 6.45. The van der Waals surface area contributed by atoms with Crippen LogP contribution in [0.3, 0.4) is 0 Å². The number of benzene rings is 1. The molecule has 0 bridgehead atoms. The maximum Gasteiger partial charge on any atom is 0.169 e. The molecule has 4 heteroatoms. The SMILES string of the molecule is C/C(F)=C(\F)c1ccc(C)c(F)c1F. The zero-order chi connectivity index (χ0) is 10.9. The van der Waals surface area contributed by atoms with Crippen molar-refractivity contribution in [1.29, 1.82) is 0 Å². The predicted molar refractivity (Wildman–Crippen MR) is 45.9 cm³/mol. The van der Waals surface area contributed by atoms with Crippen LogP contribution in [0.25, 0.3) is 5.83 Å². The molecule has 0 radical (unpaired) electrons. The maximum atomic E-state index is 13.1. The highest BCUT2D eigenvalue weighted by Gasteiger charge is 2.16. The molecule has 0 heterocycles. The van der Waals surface area contributed by atoms with Crippen LogP contribution in [0.2, 0.25) is 0 Å². The van der Waals surface area contributed by atoms with Gasteiger partial charge in [0.25, 0.3) is 0 Å². The number of halogens is 4. The highest BCUT2D eigenvalue weighted by Crippen LogP contribution is 2.26. The summed E-state index contributed by atoms with van der Waals surface area (Å²) in [7, 11) is 0. The van der Waals surface area contributed by atoms with Crippen molar-refractivity contribution in [2.75, 3.05) is 0 Å². The van der Waals surface area contributed by atoms with E-state index < -0.39 is 28.9 Å². The van der Waals surface area contributed by atoms with E-state index in [1.807, 2.05) is 0 Å². The fourth-order valence-electron chi connectivity index (χ4n) is 1.00. The molecule has 0 saturated heterocycles. The van der Waals surface area contributed by atoms with Crippen LogP contribution < -0.4 is 0 Å². The molecule has 0 atom stereocenters. The van der Waals surface area contributed by atoms with Gasteiger partial charge in [-0.3, -0.25) is 0 Å². The summed E-state index contributed by atoms with van der Waals surface area (Å²) in [4.78, 5) is 0. The minimum atomic E-state index is -1.37. The molecule has 0 saturated carbocycles. The van der Waals surface area contributed by atoms with Gasteiger partial charge >= 0.3 is 0 Å². The summed E-state index contributed by atoms with van der Waals surface area (Å²) in [5.41, 5.74) is -0.635. The zero-order valence-corrected chi connectivity index (χ0v) is 7.67. The molecule has 0 unspecified atom stereocenters. The topological polar surface area (TPSA) is 0 Å². The van der Waals surface area contributed by atoms with Gasteiger partial charge in [-0.15, -0.1) is 0 Å². The van der Waals surface area contributed by atoms with Gasteiger partial charge in [-0.25, -0.2) is 17.6 Å². The van der Waals surface area contributed by atoms with Gasteiger partial charge in [0.2, 0.25) is 0 Å². The molecule has 1 aromatic carbocycles. The Kier molecular flexibility index (Phi) is 2.93. The maximum absolute atomic E-state index is 13.1. The largest absolute Gasteiger partial charge is 0.209 e. The third-order valence-corrected chi connectivity index (χ3v) is 1.81. The Bertz CT molecular complexity index is 389. The molecule has 0 fully saturated rings. The Morgan fingerprint density at radius 3 is 2.14 bits per heavy atom. The predicted octanol–water partition coefficient (Wildman–Crippen LogP) is 3.90. The van der Waals surface area contributed by atoms with E-state index >= 15 is 0 Å². The molecule has 0 aliphatic rings. The van der Waals surface area contributed by atoms with E-state index in [1.165, 1.54) is 13.0 Å². The second-order valence-electron chi connectivity index (χ2n) is 2.91. The van der Waals surface area contributed by atoms with Crippen LogP contribution in [-0.4, -0.2) is 0 Å². The molecule has 0 aromatic heterocycles. The smallest absolute Gasteiger partial charge is 0.169 e. The normalized spacial score (nSPS) is 12.7. The second kappa shape index (κ2) is 3.82. The van der Waals surface area contributed by atoms with Crippen molar-refractivity contribution in [3.05, 3.63) is 40.7 Å². The first kappa shape index (κ1) is 10.8. The summed E-state index contributed by atoms with van der Waals surface area (Å²) in [6, 6.07) is 2.20. The van der Waals surface area contributed by atoms with E-state index in [9.17, 15) is 17.6 Å². The molecule has 0 aliphatic heterocycles. The summed E-state index contributed by atoms with van der Waals surface area (Å²) in [6.07, 6.45) is 0. The quantitative estimate of drug-likeness (QED) is 0.608. The summed E-state index contributed by atoms with van der Waals surface area (Å²) in [6.45, 7) is 2.18. The molecule has 1 rings (SSSR count). The molecule has 0 spiro atoms. The fraction of sp³-hybridized carbons (Fsp3) is 0.200. The van der Waals surface area contributed by atoms with Crippen LogP contribution in [0.4, 0.5) is 17.6 Å². The van der Waals surface area contributed by atoms with Gasteiger partial charge in [0.1, 0.15) is 5.83 Å². The zero-order valence-electron chi connectivity index (χ0n) is 7.67. The number of aryl methyl sites for hydroxylation is 1. The van der Waals surface area contributed by atoms with Gasteiger partial charge in [-0.05, 0) is 25.5 Å². The molecular weight excluding hydrogens is 196 g/mol. The van der Waals surface area contributed by atoms with Crippen molar-refractivity contribution in [2.45, 2.75) is 13.8 Å². The van der Waals surface area contributed by atoms with E-state index in [0.717, 1.165) is 13.0 Å². The summed E-state index contributed by atoms with van der Waals surface area (Å²) >= 11 is 0. The average Bonchev–Trinajstić information content (AvgIpc) is 2.13. The summed E-state index contributed by atoms with van der Waals surface area (Å²) < 4.78 is 51.3. The Labute approximate surface area is 78.9 Å². The lowest BCUT2D eigenvalue weighted by molar-refractivity contribution is 0.495. The van der Waals surface area contributed by atoms with Crippen LogP contribution in [0.15, 0.2) is 18.0 Å². The minimum absolute atomic E-state index is 0.0514. The van der Waals surface area contributed by atoms with Gasteiger partial charge in [0.05, 0.1) is 5.56 Å². The first-order valence-electron chi connectivity index (χ1n) is 3.92. The Morgan fingerprint density at radius 2 is 1.64 bits per heavy atom. The Hall–Kier alpha value is -1.32. The molecule has 0 N–H and O–H groups in total. The monoisotopic (exact) mass is 204 g/mol. The van der Waals surface area contributed by atoms with Crippen molar-refractivity contribution in [3.63, 3.8) is 0 Å². The van der Waals surface area contributed by atoms with Crippen molar-refractivity contribution < 1.29 is 17.6 Å². The standard InChI is InChI=1S/C10H8F4/c1-5-3-4-7(9(13)6(2)11)10(14)8(5)12/h3-4H,1-2H3/b9-6+. The number of rotatable bonds is 1. The third-order valence-electron chi connectivity index (χ3n) is 1.81. The van der Waals surface area contributed by atoms with Crippen LogP contribution in [0, 0.1) is 18.6 Å². The number of allylic oxidation sites excluding steroid dienone is 1. The summed E-state index contributed by atoms with van der Waals surface area (Å²) in [5.74, 6) is -5.06. The van der Waals surface area contributed by atoms with E-state index in [0.29, 0.717) is 0 Å². The van der Waals surface area contributed by atoms with E-state index in [4.69, 9.17) is 0 Å². The fourth-order valence-corrected chi connectivity index (χ4v) is 1.00. The lowest BCUT2D eigenvalue weighted by atomic mass is 10.1. The van der Waals surface area contributed by atoms with Crippen molar-refractivity contribution in [2.24, 2.45) is 0 Å². The van der Waals surface area contributed by atoms with Crippen molar-refractivity contribution in [1.82, 2.24) is 0 Å². The van der Waals surface area contributed by atoms with Crippen LogP contribution in [-0.2, 0) is 0 Å². The third kappa shape index (κ3) is 1.78. The van der Waals surface area contributed by atoms with Gasteiger partial charge in [-0.1, -0.05) is 6.07 Å². The van der Waals surface area contributed by atoms with E-state index in [2.05, 4.69) is 0 Å². The lowest BCUT2D eigenvalue weighted by Crippen LogP contribution is -1.95. The minimum Gasteiger partial charge on any atom is -0.209 e. The molecule has 14 heavy (non-hydrogen) atoms. The highest BCUT2D eigenvalue weighted by molar-refractivity contribution is 5.61. The van der Waals surface area contributed by atoms with Crippen LogP contribution in [0.1, 0.15) is 18.1 Å².